The molecule has 0 unspecified atom stereocenters. The number of pyridine rings is 1. The summed E-state index contributed by atoms with van der Waals surface area (Å²) in [5.41, 5.74) is 2.25. The molecule has 11 heavy (non-hydrogen) atoms. The Labute approximate surface area is 70.4 Å². The lowest BCUT2D eigenvalue weighted by Gasteiger charge is -1.98. The molecule has 0 aliphatic rings. The summed E-state index contributed by atoms with van der Waals surface area (Å²) in [5.74, 6) is 0.449. The first kappa shape index (κ1) is 8.03. The fourth-order valence-electron chi connectivity index (χ4n) is 0.793. The minimum Gasteiger partial charge on any atom is -0.242 e. The van der Waals surface area contributed by atoms with Crippen LogP contribution in [0.5, 0.6) is 0 Å². The maximum absolute atomic E-state index is 8.48. The third-order valence-electron chi connectivity index (χ3n) is 1.45. The Morgan fingerprint density at radius 1 is 1.64 bits per heavy atom. The number of hydrogen-bond acceptors (Lipinski definition) is 2. The number of nitriles is 1. The minimum atomic E-state index is 0.441. The van der Waals surface area contributed by atoms with Crippen molar-refractivity contribution in [3.05, 3.63) is 29.1 Å². The smallest absolute Gasteiger partial charge is 0.140 e. The van der Waals surface area contributed by atoms with Gasteiger partial charge in [0.2, 0.25) is 0 Å². The van der Waals surface area contributed by atoms with E-state index in [1.165, 1.54) is 0 Å². The Balaban J connectivity index is 3.12. The predicted octanol–water partition coefficient (Wildman–Crippen LogP) is 2.00. The molecule has 0 atom stereocenters. The van der Waals surface area contributed by atoms with Gasteiger partial charge in [-0.2, -0.15) is 5.26 Å². The molecule has 0 bridgehead atoms. The van der Waals surface area contributed by atoms with Crippen molar-refractivity contribution >= 4 is 11.6 Å². The van der Waals surface area contributed by atoms with E-state index in [0.717, 1.165) is 11.3 Å². The number of aryl methyl sites for hydroxylation is 1. The van der Waals surface area contributed by atoms with E-state index in [0.29, 0.717) is 11.6 Å². The van der Waals surface area contributed by atoms with E-state index in [1.54, 1.807) is 6.07 Å². The van der Waals surface area contributed by atoms with E-state index in [4.69, 9.17) is 16.9 Å². The first-order valence-corrected chi connectivity index (χ1v) is 3.74. The van der Waals surface area contributed by atoms with Crippen molar-refractivity contribution in [2.24, 2.45) is 0 Å². The maximum atomic E-state index is 8.48. The van der Waals surface area contributed by atoms with Gasteiger partial charge in [-0.05, 0) is 18.6 Å². The van der Waals surface area contributed by atoms with Crippen molar-refractivity contribution in [2.75, 3.05) is 0 Å². The zero-order valence-corrected chi connectivity index (χ0v) is 6.89. The number of halogens is 1. The lowest BCUT2D eigenvalue weighted by atomic mass is 10.2. The molecule has 0 aliphatic heterocycles. The van der Waals surface area contributed by atoms with Crippen LogP contribution in [-0.2, 0) is 5.88 Å². The van der Waals surface area contributed by atoms with Gasteiger partial charge >= 0.3 is 0 Å². The quantitative estimate of drug-likeness (QED) is 0.599. The van der Waals surface area contributed by atoms with E-state index in [2.05, 4.69) is 4.98 Å². The molecule has 1 heterocycles. The van der Waals surface area contributed by atoms with E-state index >= 15 is 0 Å². The Kier molecular flexibility index (Phi) is 2.45. The van der Waals surface area contributed by atoms with Gasteiger partial charge in [0.05, 0.1) is 0 Å². The average molecular weight is 167 g/mol. The van der Waals surface area contributed by atoms with Gasteiger partial charge in [0.25, 0.3) is 0 Å². The molecule has 0 spiro atoms. The highest BCUT2D eigenvalue weighted by molar-refractivity contribution is 6.17. The van der Waals surface area contributed by atoms with Crippen LogP contribution in [0, 0.1) is 18.3 Å². The number of hydrogen-bond donors (Lipinski definition) is 0. The second-order valence-corrected chi connectivity index (χ2v) is 2.45. The van der Waals surface area contributed by atoms with Crippen LogP contribution in [0.15, 0.2) is 12.1 Å². The molecule has 1 aromatic heterocycles. The summed E-state index contributed by atoms with van der Waals surface area (Å²) >= 11 is 5.60. The van der Waals surface area contributed by atoms with Crippen LogP contribution < -0.4 is 0 Å². The Morgan fingerprint density at radius 2 is 2.36 bits per heavy atom. The zero-order valence-electron chi connectivity index (χ0n) is 6.13. The van der Waals surface area contributed by atoms with Crippen LogP contribution in [0.2, 0.25) is 0 Å². The second-order valence-electron chi connectivity index (χ2n) is 2.19. The van der Waals surface area contributed by atoms with Crippen LogP contribution in [0.1, 0.15) is 17.0 Å². The number of nitrogens with zero attached hydrogens (tertiary/aromatic N) is 2. The van der Waals surface area contributed by atoms with E-state index < -0.39 is 0 Å². The number of rotatable bonds is 1. The molecule has 0 fully saturated rings. The van der Waals surface area contributed by atoms with Gasteiger partial charge in [0, 0.05) is 11.6 Å². The lowest BCUT2D eigenvalue weighted by Crippen LogP contribution is -1.91. The molecule has 1 aromatic rings. The Hall–Kier alpha value is -1.07. The average Bonchev–Trinajstić information content (AvgIpc) is 2.04. The normalized spacial score (nSPS) is 9.18. The highest BCUT2D eigenvalue weighted by atomic mass is 35.5. The Morgan fingerprint density at radius 3 is 2.82 bits per heavy atom. The fourth-order valence-corrected chi connectivity index (χ4v) is 1.08. The molecule has 1 rings (SSSR count). The molecule has 0 saturated heterocycles. The van der Waals surface area contributed by atoms with Crippen LogP contribution in [-0.4, -0.2) is 4.98 Å². The molecule has 0 saturated carbocycles. The minimum absolute atomic E-state index is 0.441. The molecule has 2 nitrogen and oxygen atoms in total. The highest BCUT2D eigenvalue weighted by Crippen LogP contribution is 2.08. The van der Waals surface area contributed by atoms with Gasteiger partial charge in [0.15, 0.2) is 0 Å². The monoisotopic (exact) mass is 166 g/mol. The molecule has 56 valence electrons. The molecule has 0 amide bonds. The topological polar surface area (TPSA) is 36.7 Å². The number of aromatic nitrogens is 1. The van der Waals surface area contributed by atoms with Crippen molar-refractivity contribution in [1.29, 1.82) is 5.26 Å². The molecule has 0 aliphatic carbocycles. The third kappa shape index (κ3) is 1.69. The Bertz CT molecular complexity index is 301. The summed E-state index contributed by atoms with van der Waals surface area (Å²) < 4.78 is 0. The van der Waals surface area contributed by atoms with Crippen LogP contribution in [0.4, 0.5) is 0 Å². The SMILES string of the molecule is Cc1nc(C#N)ccc1CCl. The summed E-state index contributed by atoms with van der Waals surface area (Å²) in [4.78, 5) is 4.02. The van der Waals surface area contributed by atoms with Gasteiger partial charge < -0.3 is 0 Å². The first-order valence-electron chi connectivity index (χ1n) is 3.20. The molecule has 0 N–H and O–H groups in total. The molecule has 3 heteroatoms. The fraction of sp³-hybridized carbons (Fsp3) is 0.250. The van der Waals surface area contributed by atoms with Crippen LogP contribution in [0.3, 0.4) is 0 Å². The highest BCUT2D eigenvalue weighted by Gasteiger charge is 1.98. The van der Waals surface area contributed by atoms with Gasteiger partial charge in [0.1, 0.15) is 11.8 Å². The van der Waals surface area contributed by atoms with Crippen LogP contribution >= 0.6 is 11.6 Å². The van der Waals surface area contributed by atoms with Gasteiger partial charge in [-0.1, -0.05) is 6.07 Å². The second kappa shape index (κ2) is 3.36. The largest absolute Gasteiger partial charge is 0.242 e. The maximum Gasteiger partial charge on any atom is 0.140 e. The molecular weight excluding hydrogens is 160 g/mol. The van der Waals surface area contributed by atoms with E-state index in [-0.39, 0.29) is 0 Å². The van der Waals surface area contributed by atoms with Crippen molar-refractivity contribution in [3.8, 4) is 6.07 Å². The van der Waals surface area contributed by atoms with Gasteiger partial charge in [-0.25, -0.2) is 4.98 Å². The molecule has 0 aromatic carbocycles. The summed E-state index contributed by atoms with van der Waals surface area (Å²) in [5, 5.41) is 8.48. The summed E-state index contributed by atoms with van der Waals surface area (Å²) in [7, 11) is 0. The number of alkyl halides is 1. The van der Waals surface area contributed by atoms with Crippen molar-refractivity contribution in [2.45, 2.75) is 12.8 Å². The van der Waals surface area contributed by atoms with Crippen molar-refractivity contribution < 1.29 is 0 Å². The predicted molar refractivity (Wildman–Crippen MR) is 43.2 cm³/mol. The van der Waals surface area contributed by atoms with Crippen molar-refractivity contribution in [1.82, 2.24) is 4.98 Å². The molecular formula is C8H7ClN2. The summed E-state index contributed by atoms with van der Waals surface area (Å²) in [6.07, 6.45) is 0. The van der Waals surface area contributed by atoms with E-state index in [9.17, 15) is 0 Å². The van der Waals surface area contributed by atoms with Gasteiger partial charge in [-0.3, -0.25) is 0 Å². The summed E-state index contributed by atoms with van der Waals surface area (Å²) in [6.45, 7) is 1.85. The third-order valence-corrected chi connectivity index (χ3v) is 1.74. The lowest BCUT2D eigenvalue weighted by molar-refractivity contribution is 1.11. The van der Waals surface area contributed by atoms with E-state index in [1.807, 2.05) is 19.1 Å². The summed E-state index contributed by atoms with van der Waals surface area (Å²) in [6, 6.07) is 5.46. The first-order chi connectivity index (χ1) is 5.27. The zero-order chi connectivity index (χ0) is 8.27. The van der Waals surface area contributed by atoms with Crippen molar-refractivity contribution in [3.63, 3.8) is 0 Å². The standard InChI is InChI=1S/C8H7ClN2/c1-6-7(4-9)2-3-8(5-10)11-6/h2-3H,4H2,1H3. The van der Waals surface area contributed by atoms with Crippen LogP contribution in [0.25, 0.3) is 0 Å². The van der Waals surface area contributed by atoms with Gasteiger partial charge in [-0.15, -0.1) is 11.6 Å². The molecule has 0 radical (unpaired) electrons.